The second kappa shape index (κ2) is 10.4. The summed E-state index contributed by atoms with van der Waals surface area (Å²) in [4.78, 5) is 20.9. The van der Waals surface area contributed by atoms with Crippen LogP contribution in [0, 0.1) is 0 Å². The number of rotatable bonds is 4. The standard InChI is InChI=1S/C42H26N6/c1-2-13-36-32(11-1)34-23-35-33-12-3-7-27-8-4-14-37(42(27)33)48(41-22-29(16-20-46-41)31-10-6-18-44-26-31)39(35)24-38(34)47(36)40-21-28(15-19-45-40)30-9-5-17-43-25-30/h1-26H. The zero-order valence-electron chi connectivity index (χ0n) is 25.7. The molecule has 0 bridgehead atoms. The number of hydrogen-bond donors (Lipinski definition) is 0. The Morgan fingerprint density at radius 2 is 1.15 bits per heavy atom. The third-order valence-electron chi connectivity index (χ3n) is 9.38. The summed E-state index contributed by atoms with van der Waals surface area (Å²) in [7, 11) is 0. The summed E-state index contributed by atoms with van der Waals surface area (Å²) in [5, 5.41) is 4.77. The fourth-order valence-electron chi connectivity index (χ4n) is 7.27. The number of aromatic nitrogens is 5. The van der Waals surface area contributed by atoms with Crippen LogP contribution in [0.1, 0.15) is 0 Å². The quantitative estimate of drug-likeness (QED) is 0.197. The molecule has 0 radical (unpaired) electrons. The normalized spacial score (nSPS) is 12.1. The summed E-state index contributed by atoms with van der Waals surface area (Å²) in [6, 6.07) is 42.9. The molecule has 0 unspecified atom stereocenters. The highest BCUT2D eigenvalue weighted by Crippen LogP contribution is 2.52. The molecule has 0 N–H and O–H groups in total. The van der Waals surface area contributed by atoms with Crippen molar-refractivity contribution in [2.45, 2.75) is 0 Å². The van der Waals surface area contributed by atoms with Crippen LogP contribution in [-0.2, 0) is 0 Å². The highest BCUT2D eigenvalue weighted by molar-refractivity contribution is 6.18. The number of anilines is 3. The Labute approximate surface area is 276 Å². The number of para-hydroxylation sites is 1. The Kier molecular flexibility index (Phi) is 5.77. The molecule has 10 rings (SSSR count). The van der Waals surface area contributed by atoms with Crippen LogP contribution in [0.3, 0.4) is 0 Å². The molecule has 5 aromatic heterocycles. The predicted octanol–water partition coefficient (Wildman–Crippen LogP) is 10.3. The lowest BCUT2D eigenvalue weighted by Crippen LogP contribution is -2.16. The second-order valence-corrected chi connectivity index (χ2v) is 12.0. The fourth-order valence-corrected chi connectivity index (χ4v) is 7.27. The highest BCUT2D eigenvalue weighted by Gasteiger charge is 2.29. The van der Waals surface area contributed by atoms with Crippen LogP contribution in [0.25, 0.3) is 71.8 Å². The highest BCUT2D eigenvalue weighted by atomic mass is 15.2. The van der Waals surface area contributed by atoms with Gasteiger partial charge in [-0.05, 0) is 82.7 Å². The van der Waals surface area contributed by atoms with Crippen molar-refractivity contribution in [3.63, 3.8) is 0 Å². The molecule has 1 aliphatic heterocycles. The molecule has 224 valence electrons. The molecule has 0 atom stereocenters. The van der Waals surface area contributed by atoms with Gasteiger partial charge >= 0.3 is 0 Å². The minimum Gasteiger partial charge on any atom is -0.294 e. The van der Waals surface area contributed by atoms with Crippen LogP contribution >= 0.6 is 0 Å². The number of benzene rings is 4. The number of hydrogen-bond acceptors (Lipinski definition) is 5. The van der Waals surface area contributed by atoms with E-state index < -0.39 is 0 Å². The third kappa shape index (κ3) is 3.99. The first-order chi connectivity index (χ1) is 23.8. The number of fused-ring (bicyclic) bond motifs is 5. The molecule has 6 heteroatoms. The van der Waals surface area contributed by atoms with E-state index in [4.69, 9.17) is 9.97 Å². The molecule has 9 aromatic rings. The first-order valence-electron chi connectivity index (χ1n) is 15.9. The van der Waals surface area contributed by atoms with E-state index in [1.54, 1.807) is 12.4 Å². The molecule has 0 aliphatic carbocycles. The number of pyridine rings is 4. The molecule has 1 aliphatic rings. The van der Waals surface area contributed by atoms with Crippen molar-refractivity contribution >= 4 is 49.8 Å². The second-order valence-electron chi connectivity index (χ2n) is 12.0. The van der Waals surface area contributed by atoms with Crippen LogP contribution in [0.4, 0.5) is 17.2 Å². The van der Waals surface area contributed by atoms with E-state index in [-0.39, 0.29) is 0 Å². The summed E-state index contributed by atoms with van der Waals surface area (Å²) in [6.45, 7) is 0. The minimum absolute atomic E-state index is 0.846. The van der Waals surface area contributed by atoms with E-state index in [1.165, 1.54) is 32.7 Å². The largest absolute Gasteiger partial charge is 0.294 e. The average Bonchev–Trinajstić information content (AvgIpc) is 3.48. The summed E-state index contributed by atoms with van der Waals surface area (Å²) < 4.78 is 2.28. The molecule has 6 nitrogen and oxygen atoms in total. The van der Waals surface area contributed by atoms with Crippen molar-refractivity contribution in [3.05, 3.63) is 159 Å². The predicted molar refractivity (Wildman–Crippen MR) is 194 cm³/mol. The van der Waals surface area contributed by atoms with Crippen molar-refractivity contribution in [1.82, 2.24) is 24.5 Å². The smallest absolute Gasteiger partial charge is 0.138 e. The van der Waals surface area contributed by atoms with Crippen molar-refractivity contribution in [2.24, 2.45) is 0 Å². The Hall–Kier alpha value is -6.66. The lowest BCUT2D eigenvalue weighted by molar-refractivity contribution is 1.08. The van der Waals surface area contributed by atoms with Gasteiger partial charge in [0.25, 0.3) is 0 Å². The van der Waals surface area contributed by atoms with E-state index in [2.05, 4.69) is 116 Å². The molecule has 0 amide bonds. The van der Waals surface area contributed by atoms with Gasteiger partial charge in [0.1, 0.15) is 11.6 Å². The molecule has 48 heavy (non-hydrogen) atoms. The maximum absolute atomic E-state index is 4.98. The Balaban J connectivity index is 1.28. The van der Waals surface area contributed by atoms with Crippen LogP contribution in [0.2, 0.25) is 0 Å². The van der Waals surface area contributed by atoms with Gasteiger partial charge in [-0.2, -0.15) is 0 Å². The van der Waals surface area contributed by atoms with E-state index >= 15 is 0 Å². The Bertz CT molecular complexity index is 2680. The van der Waals surface area contributed by atoms with Gasteiger partial charge in [0, 0.05) is 70.0 Å². The van der Waals surface area contributed by atoms with E-state index in [0.29, 0.717) is 0 Å². The van der Waals surface area contributed by atoms with Crippen LogP contribution in [0.5, 0.6) is 0 Å². The molecule has 0 saturated heterocycles. The van der Waals surface area contributed by atoms with Gasteiger partial charge in [-0.15, -0.1) is 0 Å². The number of nitrogens with zero attached hydrogens (tertiary/aromatic N) is 6. The molecule has 0 saturated carbocycles. The van der Waals surface area contributed by atoms with Crippen LogP contribution in [-0.4, -0.2) is 24.5 Å². The van der Waals surface area contributed by atoms with Crippen molar-refractivity contribution in [1.29, 1.82) is 0 Å². The summed E-state index contributed by atoms with van der Waals surface area (Å²) >= 11 is 0. The van der Waals surface area contributed by atoms with Gasteiger partial charge in [-0.25, -0.2) is 9.97 Å². The monoisotopic (exact) mass is 614 g/mol. The molecule has 0 fully saturated rings. The zero-order chi connectivity index (χ0) is 31.6. The topological polar surface area (TPSA) is 59.7 Å². The maximum Gasteiger partial charge on any atom is 0.138 e. The van der Waals surface area contributed by atoms with E-state index in [0.717, 1.165) is 56.3 Å². The van der Waals surface area contributed by atoms with Crippen LogP contribution in [0.15, 0.2) is 159 Å². The molecule has 4 aromatic carbocycles. The fraction of sp³-hybridized carbons (Fsp3) is 0. The van der Waals surface area contributed by atoms with Crippen molar-refractivity contribution in [2.75, 3.05) is 4.90 Å². The van der Waals surface area contributed by atoms with Crippen molar-refractivity contribution < 1.29 is 0 Å². The average molecular weight is 615 g/mol. The lowest BCUT2D eigenvalue weighted by Gasteiger charge is -2.33. The van der Waals surface area contributed by atoms with Crippen LogP contribution < -0.4 is 4.90 Å². The summed E-state index contributed by atoms with van der Waals surface area (Å²) in [5.74, 6) is 1.70. The Morgan fingerprint density at radius 1 is 0.438 bits per heavy atom. The van der Waals surface area contributed by atoms with E-state index in [9.17, 15) is 0 Å². The lowest BCUT2D eigenvalue weighted by atomic mass is 9.90. The van der Waals surface area contributed by atoms with Gasteiger partial charge in [0.2, 0.25) is 0 Å². The molecule has 0 spiro atoms. The van der Waals surface area contributed by atoms with Gasteiger partial charge in [-0.1, -0.05) is 60.7 Å². The summed E-state index contributed by atoms with van der Waals surface area (Å²) in [5.41, 5.74) is 11.0. The Morgan fingerprint density at radius 3 is 1.90 bits per heavy atom. The van der Waals surface area contributed by atoms with Crippen molar-refractivity contribution in [3.8, 4) is 39.2 Å². The van der Waals surface area contributed by atoms with Gasteiger partial charge in [0.05, 0.1) is 22.4 Å². The molecular weight excluding hydrogens is 589 g/mol. The van der Waals surface area contributed by atoms with Gasteiger partial charge in [-0.3, -0.25) is 19.4 Å². The zero-order valence-corrected chi connectivity index (χ0v) is 25.7. The first kappa shape index (κ1) is 26.5. The molecular formula is C42H26N6. The SMILES string of the molecule is c1cncc(-c2ccnc(N3c4cc5c(cc4-c4cccc6cccc3c46)c3ccccc3n5-c3cc(-c4cccnc4)ccn3)c2)c1. The van der Waals surface area contributed by atoms with E-state index in [1.807, 2.05) is 49.1 Å². The summed E-state index contributed by atoms with van der Waals surface area (Å²) in [6.07, 6.45) is 11.2. The third-order valence-corrected chi connectivity index (χ3v) is 9.38. The molecule has 6 heterocycles. The van der Waals surface area contributed by atoms with Gasteiger partial charge in [0.15, 0.2) is 0 Å². The first-order valence-corrected chi connectivity index (χ1v) is 15.9. The van der Waals surface area contributed by atoms with Gasteiger partial charge < -0.3 is 0 Å². The maximum atomic E-state index is 4.98. The minimum atomic E-state index is 0.846.